The van der Waals surface area contributed by atoms with Crippen molar-refractivity contribution in [2.45, 2.75) is 44.4 Å². The van der Waals surface area contributed by atoms with Crippen LogP contribution in [-0.4, -0.2) is 65.9 Å². The van der Waals surface area contributed by atoms with Crippen LogP contribution in [0.2, 0.25) is 0 Å². The molecule has 1 aromatic carbocycles. The van der Waals surface area contributed by atoms with Crippen molar-refractivity contribution in [1.29, 1.82) is 0 Å². The number of carboxylic acids is 1. The second kappa shape index (κ2) is 13.0. The van der Waals surface area contributed by atoms with Gasteiger partial charge in [-0.3, -0.25) is 14.4 Å². The summed E-state index contributed by atoms with van der Waals surface area (Å²) in [5.41, 5.74) is 1.19. The molecule has 0 spiro atoms. The molecule has 3 amide bonds. The molecule has 0 radical (unpaired) electrons. The van der Waals surface area contributed by atoms with Crippen LogP contribution in [0.25, 0.3) is 0 Å². The van der Waals surface area contributed by atoms with Crippen molar-refractivity contribution in [2.75, 3.05) is 13.7 Å². The molecule has 0 aliphatic heterocycles. The number of alkyl carbamates (subject to hydrolysis) is 1. The van der Waals surface area contributed by atoms with Gasteiger partial charge in [-0.1, -0.05) is 36.9 Å². The van der Waals surface area contributed by atoms with E-state index < -0.39 is 42.1 Å². The molecule has 10 heteroatoms. The molecular weight excluding hydrogens is 406 g/mol. The van der Waals surface area contributed by atoms with Gasteiger partial charge in [0.2, 0.25) is 11.8 Å². The summed E-state index contributed by atoms with van der Waals surface area (Å²) in [6.07, 6.45) is -2.29. The number of amides is 3. The Morgan fingerprint density at radius 3 is 2.29 bits per heavy atom. The molecule has 0 bridgehead atoms. The number of hydrogen-bond acceptors (Lipinski definition) is 6. The molecule has 5 N–H and O–H groups in total. The molecular formula is C21H29N3O7. The summed E-state index contributed by atoms with van der Waals surface area (Å²) >= 11 is 0. The van der Waals surface area contributed by atoms with Crippen LogP contribution in [0.4, 0.5) is 4.79 Å². The van der Waals surface area contributed by atoms with Crippen LogP contribution in [0.1, 0.15) is 25.3 Å². The van der Waals surface area contributed by atoms with Crippen LogP contribution in [0.3, 0.4) is 0 Å². The van der Waals surface area contributed by atoms with E-state index in [0.717, 1.165) is 12.7 Å². The van der Waals surface area contributed by atoms with Crippen LogP contribution in [0, 0.1) is 0 Å². The van der Waals surface area contributed by atoms with Gasteiger partial charge in [-0.15, -0.1) is 0 Å². The van der Waals surface area contributed by atoms with E-state index in [4.69, 9.17) is 5.11 Å². The minimum absolute atomic E-state index is 0.196. The van der Waals surface area contributed by atoms with Gasteiger partial charge >= 0.3 is 12.1 Å². The van der Waals surface area contributed by atoms with Crippen LogP contribution < -0.4 is 16.0 Å². The van der Waals surface area contributed by atoms with E-state index in [1.807, 2.05) is 30.3 Å². The fraction of sp³-hybridized carbons (Fsp3) is 0.429. The van der Waals surface area contributed by atoms with Crippen molar-refractivity contribution in [3.63, 3.8) is 0 Å². The van der Waals surface area contributed by atoms with E-state index in [2.05, 4.69) is 27.3 Å². The predicted molar refractivity (Wildman–Crippen MR) is 112 cm³/mol. The molecule has 0 saturated carbocycles. The molecule has 3 atom stereocenters. The lowest BCUT2D eigenvalue weighted by Gasteiger charge is -2.27. The zero-order chi connectivity index (χ0) is 23.4. The number of aliphatic hydroxyl groups excluding tert-OH is 1. The van der Waals surface area contributed by atoms with Crippen molar-refractivity contribution in [2.24, 2.45) is 0 Å². The molecule has 10 nitrogen and oxygen atoms in total. The van der Waals surface area contributed by atoms with Gasteiger partial charge in [0, 0.05) is 13.0 Å². The quantitative estimate of drug-likeness (QED) is 0.297. The van der Waals surface area contributed by atoms with Crippen LogP contribution in [0.15, 0.2) is 42.5 Å². The average molecular weight is 435 g/mol. The normalized spacial score (nSPS) is 13.3. The summed E-state index contributed by atoms with van der Waals surface area (Å²) in [6, 6.07) is 7.20. The second-order valence-electron chi connectivity index (χ2n) is 6.99. The van der Waals surface area contributed by atoms with Crippen LogP contribution in [-0.2, 0) is 25.5 Å². The Bertz CT molecular complexity index is 782. The SMILES string of the molecule is C=C(C)[C@H](NC(=O)OC)C(=O)NC(Cc1ccccc1)C(O)CNC(=O)CCC(=O)O. The maximum absolute atomic E-state index is 12.8. The van der Waals surface area contributed by atoms with E-state index in [0.29, 0.717) is 5.57 Å². The largest absolute Gasteiger partial charge is 0.481 e. The highest BCUT2D eigenvalue weighted by molar-refractivity contribution is 5.88. The van der Waals surface area contributed by atoms with Gasteiger partial charge in [-0.2, -0.15) is 0 Å². The third-order valence-electron chi connectivity index (χ3n) is 4.37. The summed E-state index contributed by atoms with van der Waals surface area (Å²) in [5, 5.41) is 26.8. The Labute approximate surface area is 180 Å². The lowest BCUT2D eigenvalue weighted by molar-refractivity contribution is -0.138. The Morgan fingerprint density at radius 1 is 1.10 bits per heavy atom. The van der Waals surface area contributed by atoms with Crippen molar-refractivity contribution < 1.29 is 34.1 Å². The first-order chi connectivity index (χ1) is 14.6. The molecule has 1 rings (SSSR count). The smallest absolute Gasteiger partial charge is 0.407 e. The van der Waals surface area contributed by atoms with Gasteiger partial charge in [-0.25, -0.2) is 4.79 Å². The fourth-order valence-corrected chi connectivity index (χ4v) is 2.68. The summed E-state index contributed by atoms with van der Waals surface area (Å²) in [5.74, 6) is -2.23. The maximum atomic E-state index is 12.8. The summed E-state index contributed by atoms with van der Waals surface area (Å²) in [7, 11) is 1.16. The van der Waals surface area contributed by atoms with Crippen molar-refractivity contribution in [1.82, 2.24) is 16.0 Å². The molecule has 0 fully saturated rings. The number of rotatable bonds is 12. The Kier molecular flexibility index (Phi) is 10.8. The molecule has 0 aliphatic rings. The number of hydrogen-bond donors (Lipinski definition) is 5. The van der Waals surface area contributed by atoms with Gasteiger partial charge in [0.15, 0.2) is 0 Å². The fourth-order valence-electron chi connectivity index (χ4n) is 2.68. The lowest BCUT2D eigenvalue weighted by Crippen LogP contribution is -2.55. The number of carboxylic acid groups (broad SMARTS) is 1. The minimum atomic E-state index is -1.18. The molecule has 170 valence electrons. The van der Waals surface area contributed by atoms with E-state index in [1.54, 1.807) is 6.92 Å². The van der Waals surface area contributed by atoms with Gasteiger partial charge < -0.3 is 30.9 Å². The second-order valence-corrected chi connectivity index (χ2v) is 6.99. The average Bonchev–Trinajstić information content (AvgIpc) is 2.73. The number of benzene rings is 1. The molecule has 31 heavy (non-hydrogen) atoms. The van der Waals surface area contributed by atoms with Gasteiger partial charge in [0.1, 0.15) is 6.04 Å². The molecule has 0 aliphatic carbocycles. The number of carbonyl (C=O) groups is 4. The Morgan fingerprint density at radius 2 is 1.74 bits per heavy atom. The monoisotopic (exact) mass is 435 g/mol. The number of carbonyl (C=O) groups excluding carboxylic acids is 3. The zero-order valence-corrected chi connectivity index (χ0v) is 17.6. The molecule has 0 heterocycles. The summed E-state index contributed by atoms with van der Waals surface area (Å²) in [6.45, 7) is 5.06. The first kappa shape index (κ1) is 25.6. The van der Waals surface area contributed by atoms with Crippen molar-refractivity contribution in [3.8, 4) is 0 Å². The summed E-state index contributed by atoms with van der Waals surface area (Å²) < 4.78 is 4.52. The molecule has 1 aromatic rings. The summed E-state index contributed by atoms with van der Waals surface area (Å²) in [4.78, 5) is 46.6. The number of nitrogens with one attached hydrogen (secondary N) is 3. The van der Waals surface area contributed by atoms with Crippen LogP contribution >= 0.6 is 0 Å². The highest BCUT2D eigenvalue weighted by Crippen LogP contribution is 2.08. The van der Waals surface area contributed by atoms with Gasteiger partial charge in [-0.05, 0) is 24.5 Å². The Balaban J connectivity index is 2.88. The Hall–Kier alpha value is -3.40. The first-order valence-electron chi connectivity index (χ1n) is 9.64. The first-order valence-corrected chi connectivity index (χ1v) is 9.64. The highest BCUT2D eigenvalue weighted by Gasteiger charge is 2.28. The maximum Gasteiger partial charge on any atom is 0.407 e. The number of ether oxygens (including phenoxy) is 1. The predicted octanol–water partition coefficient (Wildman–Crippen LogP) is 0.357. The lowest BCUT2D eigenvalue weighted by atomic mass is 10.00. The molecule has 0 saturated heterocycles. The van der Waals surface area contributed by atoms with Crippen LogP contribution in [0.5, 0.6) is 0 Å². The van der Waals surface area contributed by atoms with E-state index >= 15 is 0 Å². The van der Waals surface area contributed by atoms with E-state index in [1.165, 1.54) is 0 Å². The number of methoxy groups -OCH3 is 1. The number of aliphatic carboxylic acids is 1. The number of aliphatic hydroxyl groups is 1. The molecule has 0 aromatic heterocycles. The topological polar surface area (TPSA) is 154 Å². The molecule has 2 unspecified atom stereocenters. The van der Waals surface area contributed by atoms with Crippen molar-refractivity contribution in [3.05, 3.63) is 48.0 Å². The zero-order valence-electron chi connectivity index (χ0n) is 17.6. The van der Waals surface area contributed by atoms with E-state index in [-0.39, 0.29) is 25.8 Å². The third kappa shape index (κ3) is 9.77. The van der Waals surface area contributed by atoms with E-state index in [9.17, 15) is 24.3 Å². The standard InChI is InChI=1S/C21H29N3O7/c1-13(2)19(24-21(30)31-3)20(29)23-15(11-14-7-5-4-6-8-14)16(25)12-22-17(26)9-10-18(27)28/h4-8,15-16,19,25H,1,9-12H2,2-3H3,(H,22,26)(H,23,29)(H,24,30)(H,27,28)/t15?,16?,19-/m0/s1. The minimum Gasteiger partial charge on any atom is -0.481 e. The highest BCUT2D eigenvalue weighted by atomic mass is 16.5. The third-order valence-corrected chi connectivity index (χ3v) is 4.37. The van der Waals surface area contributed by atoms with Crippen molar-refractivity contribution >= 4 is 23.9 Å². The van der Waals surface area contributed by atoms with Gasteiger partial charge in [0.25, 0.3) is 0 Å². The van der Waals surface area contributed by atoms with Gasteiger partial charge in [0.05, 0.1) is 25.7 Å².